The Morgan fingerprint density at radius 2 is 1.60 bits per heavy atom. The summed E-state index contributed by atoms with van der Waals surface area (Å²) in [4.78, 5) is 25.9. The lowest BCUT2D eigenvalue weighted by Crippen LogP contribution is -2.40. The minimum absolute atomic E-state index is 0.00491. The maximum absolute atomic E-state index is 12.9. The van der Waals surface area contributed by atoms with Crippen molar-refractivity contribution in [2.24, 2.45) is 11.7 Å². The maximum atomic E-state index is 12.9. The standard InChI is InChI=1S/C19H23F6N3O2/c1-17(2,26)9-16(30)28-4-3-11(10-28)5-15(29)27-14-7-12(18(20,21)22)6-13(8-14)19(23,24)25/h6-8,11H,3-5,9-10,26H2,1-2H3,(H,27,29). The van der Waals surface area contributed by atoms with Crippen molar-refractivity contribution in [3.8, 4) is 0 Å². The third kappa shape index (κ3) is 6.89. The molecule has 11 heteroatoms. The summed E-state index contributed by atoms with van der Waals surface area (Å²) in [6.45, 7) is 4.10. The molecule has 0 spiro atoms. The maximum Gasteiger partial charge on any atom is 0.416 e. The van der Waals surface area contributed by atoms with Gasteiger partial charge < -0.3 is 16.0 Å². The second-order valence-corrected chi connectivity index (χ2v) is 8.21. The Morgan fingerprint density at radius 1 is 1.07 bits per heavy atom. The van der Waals surface area contributed by atoms with Crippen LogP contribution in [0.15, 0.2) is 18.2 Å². The number of nitrogens with zero attached hydrogens (tertiary/aromatic N) is 1. The van der Waals surface area contributed by atoms with E-state index in [0.29, 0.717) is 25.1 Å². The van der Waals surface area contributed by atoms with E-state index in [1.54, 1.807) is 18.7 Å². The minimum Gasteiger partial charge on any atom is -0.342 e. The number of carbonyl (C=O) groups excluding carboxylic acids is 2. The number of halogens is 6. The number of carbonyl (C=O) groups is 2. The monoisotopic (exact) mass is 439 g/mol. The number of likely N-dealkylation sites (tertiary alicyclic amines) is 1. The van der Waals surface area contributed by atoms with E-state index in [2.05, 4.69) is 5.32 Å². The fourth-order valence-corrected chi connectivity index (χ4v) is 3.23. The van der Waals surface area contributed by atoms with Gasteiger partial charge in [0.1, 0.15) is 0 Å². The van der Waals surface area contributed by atoms with Gasteiger partial charge in [-0.15, -0.1) is 0 Å². The smallest absolute Gasteiger partial charge is 0.342 e. The van der Waals surface area contributed by atoms with Crippen molar-refractivity contribution in [2.45, 2.75) is 51.0 Å². The number of benzene rings is 1. The molecule has 1 aliphatic rings. The molecule has 1 unspecified atom stereocenters. The number of hydrogen-bond donors (Lipinski definition) is 2. The molecular weight excluding hydrogens is 416 g/mol. The van der Waals surface area contributed by atoms with Crippen molar-refractivity contribution < 1.29 is 35.9 Å². The van der Waals surface area contributed by atoms with Gasteiger partial charge in [0.05, 0.1) is 11.1 Å². The fourth-order valence-electron chi connectivity index (χ4n) is 3.23. The van der Waals surface area contributed by atoms with Crippen LogP contribution in [-0.2, 0) is 21.9 Å². The summed E-state index contributed by atoms with van der Waals surface area (Å²) in [5.41, 5.74) is 1.54. The number of anilines is 1. The zero-order valence-electron chi connectivity index (χ0n) is 16.5. The predicted molar refractivity (Wildman–Crippen MR) is 97.3 cm³/mol. The summed E-state index contributed by atoms with van der Waals surface area (Å²) in [5.74, 6) is -1.14. The van der Waals surface area contributed by atoms with Crippen LogP contribution < -0.4 is 11.1 Å². The molecule has 2 amide bonds. The van der Waals surface area contributed by atoms with Gasteiger partial charge in [-0.25, -0.2) is 0 Å². The molecule has 0 aromatic heterocycles. The lowest BCUT2D eigenvalue weighted by atomic mass is 10.0. The summed E-state index contributed by atoms with van der Waals surface area (Å²) >= 11 is 0. The van der Waals surface area contributed by atoms with Crippen LogP contribution in [0.25, 0.3) is 0 Å². The lowest BCUT2D eigenvalue weighted by molar-refractivity contribution is -0.143. The largest absolute Gasteiger partial charge is 0.416 e. The van der Waals surface area contributed by atoms with Gasteiger partial charge in [-0.3, -0.25) is 9.59 Å². The molecule has 1 fully saturated rings. The topological polar surface area (TPSA) is 75.4 Å². The number of amides is 2. The Kier molecular flexibility index (Phi) is 6.75. The fraction of sp³-hybridized carbons (Fsp3) is 0.579. The second-order valence-electron chi connectivity index (χ2n) is 8.21. The van der Waals surface area contributed by atoms with Gasteiger partial charge in [-0.05, 0) is 44.4 Å². The highest BCUT2D eigenvalue weighted by Crippen LogP contribution is 2.37. The predicted octanol–water partition coefficient (Wildman–Crippen LogP) is 4.03. The molecule has 168 valence electrons. The molecule has 3 N–H and O–H groups in total. The van der Waals surface area contributed by atoms with Crippen molar-refractivity contribution in [3.63, 3.8) is 0 Å². The van der Waals surface area contributed by atoms with Gasteiger partial charge in [0.25, 0.3) is 0 Å². The quantitative estimate of drug-likeness (QED) is 0.681. The Morgan fingerprint density at radius 3 is 2.07 bits per heavy atom. The first kappa shape index (κ1) is 24.0. The van der Waals surface area contributed by atoms with Crippen LogP contribution in [0.1, 0.15) is 44.2 Å². The summed E-state index contributed by atoms with van der Waals surface area (Å²) in [6, 6.07) is 0.914. The van der Waals surface area contributed by atoms with Crippen molar-refractivity contribution >= 4 is 17.5 Å². The normalized spacial score (nSPS) is 17.9. The molecule has 1 aromatic rings. The van der Waals surface area contributed by atoms with E-state index in [1.165, 1.54) is 0 Å². The summed E-state index contributed by atoms with van der Waals surface area (Å²) < 4.78 is 77.5. The molecule has 0 bridgehead atoms. The highest BCUT2D eigenvalue weighted by atomic mass is 19.4. The van der Waals surface area contributed by atoms with E-state index in [0.717, 1.165) is 0 Å². The van der Waals surface area contributed by atoms with Crippen molar-refractivity contribution in [3.05, 3.63) is 29.3 Å². The average molecular weight is 439 g/mol. The Balaban J connectivity index is 2.04. The Hall–Kier alpha value is -2.30. The minimum atomic E-state index is -5.00. The van der Waals surface area contributed by atoms with Gasteiger partial charge in [-0.2, -0.15) is 26.3 Å². The number of alkyl halides is 6. The molecule has 1 saturated heterocycles. The third-order valence-corrected chi connectivity index (χ3v) is 4.59. The van der Waals surface area contributed by atoms with Crippen LogP contribution in [0, 0.1) is 5.92 Å². The zero-order chi connectivity index (χ0) is 22.9. The first-order chi connectivity index (χ1) is 13.5. The van der Waals surface area contributed by atoms with E-state index >= 15 is 0 Å². The molecule has 0 aliphatic carbocycles. The SMILES string of the molecule is CC(C)(N)CC(=O)N1CCC(CC(=O)Nc2cc(C(F)(F)F)cc(C(F)(F)F)c2)C1. The van der Waals surface area contributed by atoms with Crippen LogP contribution in [0.3, 0.4) is 0 Å². The zero-order valence-corrected chi connectivity index (χ0v) is 16.5. The first-order valence-electron chi connectivity index (χ1n) is 9.20. The lowest BCUT2D eigenvalue weighted by Gasteiger charge is -2.23. The van der Waals surface area contributed by atoms with Gasteiger partial charge in [0.2, 0.25) is 11.8 Å². The van der Waals surface area contributed by atoms with Gasteiger partial charge in [-0.1, -0.05) is 0 Å². The first-order valence-corrected chi connectivity index (χ1v) is 9.20. The van der Waals surface area contributed by atoms with Crippen molar-refractivity contribution in [1.29, 1.82) is 0 Å². The van der Waals surface area contributed by atoms with E-state index < -0.39 is 40.6 Å². The molecule has 1 aliphatic heterocycles. The summed E-state index contributed by atoms with van der Waals surface area (Å²) in [6.07, 6.45) is -9.50. The molecule has 30 heavy (non-hydrogen) atoms. The molecule has 0 saturated carbocycles. The van der Waals surface area contributed by atoms with Crippen LogP contribution in [0.5, 0.6) is 0 Å². The molecule has 1 aromatic carbocycles. The van der Waals surface area contributed by atoms with E-state index in [-0.39, 0.29) is 37.3 Å². The molecule has 2 rings (SSSR count). The Bertz CT molecular complexity index is 767. The second kappa shape index (κ2) is 8.44. The van der Waals surface area contributed by atoms with Crippen LogP contribution >= 0.6 is 0 Å². The number of nitrogens with one attached hydrogen (secondary N) is 1. The number of rotatable bonds is 5. The highest BCUT2D eigenvalue weighted by Gasteiger charge is 2.37. The van der Waals surface area contributed by atoms with Crippen LogP contribution in [-0.4, -0.2) is 35.3 Å². The molecular formula is C19H23F6N3O2. The summed E-state index contributed by atoms with van der Waals surface area (Å²) in [7, 11) is 0. The molecule has 0 radical (unpaired) electrons. The van der Waals surface area contributed by atoms with Gasteiger partial charge in [0, 0.05) is 37.2 Å². The Labute approximate surface area is 169 Å². The molecule has 1 heterocycles. The number of nitrogens with two attached hydrogens (primary N) is 1. The molecule has 1 atom stereocenters. The third-order valence-electron chi connectivity index (χ3n) is 4.59. The van der Waals surface area contributed by atoms with Crippen LogP contribution in [0.4, 0.5) is 32.0 Å². The number of hydrogen-bond acceptors (Lipinski definition) is 3. The van der Waals surface area contributed by atoms with E-state index in [4.69, 9.17) is 5.73 Å². The van der Waals surface area contributed by atoms with Crippen molar-refractivity contribution in [2.75, 3.05) is 18.4 Å². The average Bonchev–Trinajstić information content (AvgIpc) is 2.99. The highest BCUT2D eigenvalue weighted by molar-refractivity contribution is 5.91. The molecule has 5 nitrogen and oxygen atoms in total. The van der Waals surface area contributed by atoms with E-state index in [9.17, 15) is 35.9 Å². The van der Waals surface area contributed by atoms with Gasteiger partial charge in [0.15, 0.2) is 0 Å². The van der Waals surface area contributed by atoms with Crippen molar-refractivity contribution in [1.82, 2.24) is 4.90 Å². The van der Waals surface area contributed by atoms with E-state index in [1.807, 2.05) is 0 Å². The summed E-state index contributed by atoms with van der Waals surface area (Å²) in [5, 5.41) is 2.11. The van der Waals surface area contributed by atoms with Crippen LogP contribution in [0.2, 0.25) is 0 Å². The van der Waals surface area contributed by atoms with Gasteiger partial charge >= 0.3 is 12.4 Å².